The highest BCUT2D eigenvalue weighted by Crippen LogP contribution is 2.28. The van der Waals surface area contributed by atoms with Crippen LogP contribution in [0.15, 0.2) is 47.4 Å². The molecule has 3 rings (SSSR count). The van der Waals surface area contributed by atoms with Crippen LogP contribution in [0.2, 0.25) is 10.0 Å². The third-order valence-electron chi connectivity index (χ3n) is 4.49. The Labute approximate surface area is 174 Å². The van der Waals surface area contributed by atoms with Crippen LogP contribution in [0.4, 0.5) is 0 Å². The Kier molecular flexibility index (Phi) is 6.31. The van der Waals surface area contributed by atoms with E-state index < -0.39 is 10.0 Å². The molecule has 2 aromatic rings. The van der Waals surface area contributed by atoms with Crippen LogP contribution in [-0.4, -0.2) is 57.3 Å². The van der Waals surface area contributed by atoms with Crippen LogP contribution >= 0.6 is 23.2 Å². The number of morpholine rings is 1. The highest BCUT2D eigenvalue weighted by atomic mass is 35.5. The van der Waals surface area contributed by atoms with Gasteiger partial charge < -0.3 is 9.64 Å². The van der Waals surface area contributed by atoms with E-state index in [1.165, 1.54) is 38.4 Å². The summed E-state index contributed by atoms with van der Waals surface area (Å²) in [5, 5.41) is 1.01. The molecule has 150 valence electrons. The van der Waals surface area contributed by atoms with Crippen molar-refractivity contribution in [1.29, 1.82) is 0 Å². The summed E-state index contributed by atoms with van der Waals surface area (Å²) in [5.41, 5.74) is 1.23. The lowest BCUT2D eigenvalue weighted by atomic mass is 10.1. The van der Waals surface area contributed by atoms with E-state index in [0.29, 0.717) is 35.3 Å². The summed E-state index contributed by atoms with van der Waals surface area (Å²) in [4.78, 5) is 14.7. The van der Waals surface area contributed by atoms with Crippen molar-refractivity contribution in [2.24, 2.45) is 0 Å². The number of halogens is 2. The van der Waals surface area contributed by atoms with E-state index in [1.807, 2.05) is 0 Å². The Bertz CT molecular complexity index is 958. The van der Waals surface area contributed by atoms with Crippen LogP contribution in [0.5, 0.6) is 0 Å². The molecule has 0 saturated carbocycles. The standard InChI is InChI=1S/C19H20Cl2N2O4S/c1-22(2)28(25,26)17-5-3-13(4-6-17)19(24)23-7-8-27-18(12-23)14-9-15(20)11-16(21)10-14/h3-6,9-11,18H,7-8,12H2,1-2H3. The maximum atomic E-state index is 12.9. The van der Waals surface area contributed by atoms with Gasteiger partial charge in [-0.15, -0.1) is 0 Å². The van der Waals surface area contributed by atoms with Crippen LogP contribution in [0.25, 0.3) is 0 Å². The van der Waals surface area contributed by atoms with E-state index >= 15 is 0 Å². The lowest BCUT2D eigenvalue weighted by molar-refractivity contribution is -0.0228. The number of benzene rings is 2. The van der Waals surface area contributed by atoms with Crippen LogP contribution in [0.1, 0.15) is 22.0 Å². The number of carbonyl (C=O) groups is 1. The van der Waals surface area contributed by atoms with Gasteiger partial charge in [0.2, 0.25) is 10.0 Å². The summed E-state index contributed by atoms with van der Waals surface area (Å²) in [6.07, 6.45) is -0.331. The molecule has 1 heterocycles. The minimum absolute atomic E-state index is 0.141. The number of amides is 1. The number of hydrogen-bond acceptors (Lipinski definition) is 4. The van der Waals surface area contributed by atoms with Gasteiger partial charge in [-0.05, 0) is 48.0 Å². The molecule has 1 atom stereocenters. The lowest BCUT2D eigenvalue weighted by Gasteiger charge is -2.33. The fraction of sp³-hybridized carbons (Fsp3) is 0.316. The Balaban J connectivity index is 1.77. The zero-order chi connectivity index (χ0) is 20.5. The molecule has 0 radical (unpaired) electrons. The number of nitrogens with zero attached hydrogens (tertiary/aromatic N) is 2. The molecule has 1 aliphatic heterocycles. The van der Waals surface area contributed by atoms with E-state index in [2.05, 4.69) is 0 Å². The Morgan fingerprint density at radius 3 is 2.29 bits per heavy atom. The van der Waals surface area contributed by atoms with Gasteiger partial charge in [-0.2, -0.15) is 0 Å². The van der Waals surface area contributed by atoms with Crippen molar-refractivity contribution < 1.29 is 17.9 Å². The molecule has 0 N–H and O–H groups in total. The first-order valence-corrected chi connectivity index (χ1v) is 10.8. The van der Waals surface area contributed by atoms with Crippen molar-refractivity contribution in [3.63, 3.8) is 0 Å². The molecule has 1 fully saturated rings. The van der Waals surface area contributed by atoms with Crippen molar-refractivity contribution in [3.05, 3.63) is 63.6 Å². The number of carbonyl (C=O) groups excluding carboxylic acids is 1. The maximum Gasteiger partial charge on any atom is 0.254 e. The van der Waals surface area contributed by atoms with Gasteiger partial charge in [0.25, 0.3) is 5.91 Å². The molecular weight excluding hydrogens is 423 g/mol. The first kappa shape index (κ1) is 21.1. The average Bonchev–Trinajstić information content (AvgIpc) is 2.66. The largest absolute Gasteiger partial charge is 0.370 e. The van der Waals surface area contributed by atoms with Gasteiger partial charge in [0.1, 0.15) is 6.10 Å². The van der Waals surface area contributed by atoms with Crippen LogP contribution in [0, 0.1) is 0 Å². The van der Waals surface area contributed by atoms with Crippen molar-refractivity contribution in [1.82, 2.24) is 9.21 Å². The SMILES string of the molecule is CN(C)S(=O)(=O)c1ccc(C(=O)N2CCOC(c3cc(Cl)cc(Cl)c3)C2)cc1. The summed E-state index contributed by atoms with van der Waals surface area (Å²) in [6, 6.07) is 11.1. The van der Waals surface area contributed by atoms with Gasteiger partial charge in [-0.25, -0.2) is 12.7 Å². The molecule has 1 aliphatic rings. The predicted molar refractivity (Wildman–Crippen MR) is 108 cm³/mol. The second-order valence-electron chi connectivity index (χ2n) is 6.63. The van der Waals surface area contributed by atoms with Crippen LogP contribution in [-0.2, 0) is 14.8 Å². The fourth-order valence-electron chi connectivity index (χ4n) is 2.96. The van der Waals surface area contributed by atoms with Crippen molar-refractivity contribution >= 4 is 39.1 Å². The number of sulfonamides is 1. The van der Waals surface area contributed by atoms with Crippen LogP contribution < -0.4 is 0 Å². The lowest BCUT2D eigenvalue weighted by Crippen LogP contribution is -2.42. The van der Waals surface area contributed by atoms with Crippen LogP contribution in [0.3, 0.4) is 0 Å². The normalized spacial score (nSPS) is 17.8. The topological polar surface area (TPSA) is 66.9 Å². The van der Waals surface area contributed by atoms with Gasteiger partial charge in [-0.3, -0.25) is 4.79 Å². The average molecular weight is 443 g/mol. The summed E-state index contributed by atoms with van der Waals surface area (Å²) in [7, 11) is -0.608. The number of rotatable bonds is 4. The minimum Gasteiger partial charge on any atom is -0.370 e. The number of ether oxygens (including phenoxy) is 1. The molecule has 1 saturated heterocycles. The highest BCUT2D eigenvalue weighted by molar-refractivity contribution is 7.89. The fourth-order valence-corrected chi connectivity index (χ4v) is 4.40. The summed E-state index contributed by atoms with van der Waals surface area (Å²) in [6.45, 7) is 1.18. The minimum atomic E-state index is -3.53. The van der Waals surface area contributed by atoms with E-state index in [0.717, 1.165) is 9.87 Å². The van der Waals surface area contributed by atoms with Gasteiger partial charge in [-0.1, -0.05) is 23.2 Å². The molecule has 0 spiro atoms. The third kappa shape index (κ3) is 4.50. The van der Waals surface area contributed by atoms with E-state index in [-0.39, 0.29) is 16.9 Å². The molecular formula is C19H20Cl2N2O4S. The quantitative estimate of drug-likeness (QED) is 0.726. The second-order valence-corrected chi connectivity index (χ2v) is 9.65. The Morgan fingerprint density at radius 1 is 1.11 bits per heavy atom. The number of hydrogen-bond donors (Lipinski definition) is 0. The van der Waals surface area contributed by atoms with Crippen molar-refractivity contribution in [2.45, 2.75) is 11.0 Å². The molecule has 9 heteroatoms. The summed E-state index contributed by atoms with van der Waals surface area (Å²) >= 11 is 12.1. The van der Waals surface area contributed by atoms with Gasteiger partial charge in [0.05, 0.1) is 18.0 Å². The Morgan fingerprint density at radius 2 is 1.71 bits per heavy atom. The Hall–Kier alpha value is -1.64. The summed E-state index contributed by atoms with van der Waals surface area (Å²) in [5.74, 6) is -0.185. The molecule has 0 aliphatic carbocycles. The zero-order valence-electron chi connectivity index (χ0n) is 15.4. The van der Waals surface area contributed by atoms with Gasteiger partial charge in [0.15, 0.2) is 0 Å². The smallest absolute Gasteiger partial charge is 0.254 e. The van der Waals surface area contributed by atoms with E-state index in [4.69, 9.17) is 27.9 Å². The first-order chi connectivity index (χ1) is 13.2. The third-order valence-corrected chi connectivity index (χ3v) is 6.76. The van der Waals surface area contributed by atoms with Gasteiger partial charge >= 0.3 is 0 Å². The molecule has 6 nitrogen and oxygen atoms in total. The predicted octanol–water partition coefficient (Wildman–Crippen LogP) is 3.46. The molecule has 0 bridgehead atoms. The van der Waals surface area contributed by atoms with E-state index in [9.17, 15) is 13.2 Å². The van der Waals surface area contributed by atoms with E-state index in [1.54, 1.807) is 23.1 Å². The summed E-state index contributed by atoms with van der Waals surface area (Å²) < 4.78 is 31.2. The highest BCUT2D eigenvalue weighted by Gasteiger charge is 2.27. The molecule has 1 unspecified atom stereocenters. The molecule has 28 heavy (non-hydrogen) atoms. The van der Waals surface area contributed by atoms with Crippen molar-refractivity contribution in [3.8, 4) is 0 Å². The van der Waals surface area contributed by atoms with Gasteiger partial charge in [0, 0.05) is 36.2 Å². The molecule has 2 aromatic carbocycles. The molecule has 1 amide bonds. The zero-order valence-corrected chi connectivity index (χ0v) is 17.8. The second kappa shape index (κ2) is 8.39. The van der Waals surface area contributed by atoms with Crippen molar-refractivity contribution in [2.75, 3.05) is 33.8 Å². The molecule has 0 aromatic heterocycles. The maximum absolute atomic E-state index is 12.9. The monoisotopic (exact) mass is 442 g/mol. The first-order valence-electron chi connectivity index (χ1n) is 8.58.